The Morgan fingerprint density at radius 1 is 0.556 bits per heavy atom. The minimum absolute atomic E-state index is 0.165. The van der Waals surface area contributed by atoms with Gasteiger partial charge in [0, 0.05) is 0 Å². The number of rotatable bonds is 15. The van der Waals surface area contributed by atoms with Crippen LogP contribution < -0.4 is 0 Å². The average Bonchev–Trinajstić information content (AvgIpc) is 2.39. The lowest BCUT2D eigenvalue weighted by atomic mass is 10.0. The summed E-state index contributed by atoms with van der Waals surface area (Å²) in [6.45, 7) is 2.29. The second kappa shape index (κ2) is 18.2. The standard InChI is InChI=1S/C16H33.BrH.Mg/c1-3-5-7-9-11-13-15-16-14-12-10-8-6-4-2;;/h1,3-16H2,2H3;1H;/q;;+1/p-1. The van der Waals surface area contributed by atoms with Gasteiger partial charge in [0.25, 0.3) is 0 Å². The molecule has 0 aromatic carbocycles. The maximum absolute atomic E-state index is 3.63. The minimum atomic E-state index is 0.165. The van der Waals surface area contributed by atoms with Crippen LogP contribution in [-0.4, -0.2) is 18.2 Å². The molecule has 0 fully saturated rings. The van der Waals surface area contributed by atoms with Gasteiger partial charge in [0.1, 0.15) is 0 Å². The summed E-state index contributed by atoms with van der Waals surface area (Å²) in [6.07, 6.45) is 20.6. The van der Waals surface area contributed by atoms with Crippen molar-refractivity contribution in [3.8, 4) is 0 Å². The Labute approximate surface area is 132 Å². The number of unbranched alkanes of at least 4 members (excludes halogenated alkanes) is 13. The lowest BCUT2D eigenvalue weighted by Crippen LogP contribution is -1.83. The molecule has 18 heavy (non-hydrogen) atoms. The van der Waals surface area contributed by atoms with Gasteiger partial charge in [-0.1, -0.05) is 96.8 Å². The third-order valence-electron chi connectivity index (χ3n) is 3.74. The summed E-state index contributed by atoms with van der Waals surface area (Å²) in [5, 5.41) is 0. The summed E-state index contributed by atoms with van der Waals surface area (Å²) >= 11 is 3.79. The van der Waals surface area contributed by atoms with Crippen LogP contribution in [0.1, 0.15) is 96.8 Å². The van der Waals surface area contributed by atoms with Crippen LogP contribution in [0.4, 0.5) is 0 Å². The van der Waals surface area contributed by atoms with Crippen molar-refractivity contribution in [1.82, 2.24) is 0 Å². The number of hydrogen-bond donors (Lipinski definition) is 0. The molecule has 0 nitrogen and oxygen atoms in total. The molecule has 0 aromatic rings. The Kier molecular flexibility index (Phi) is 19.5. The zero-order chi connectivity index (χ0) is 13.3. The molecule has 0 atom stereocenters. The van der Waals surface area contributed by atoms with E-state index in [1.165, 1.54) is 94.4 Å². The van der Waals surface area contributed by atoms with Crippen LogP contribution in [0.25, 0.3) is 0 Å². The van der Waals surface area contributed by atoms with Crippen molar-refractivity contribution in [2.45, 2.75) is 101 Å². The zero-order valence-electron chi connectivity index (χ0n) is 12.7. The summed E-state index contributed by atoms with van der Waals surface area (Å²) in [5.74, 6) is 0. The topological polar surface area (TPSA) is 0 Å². The fourth-order valence-electron chi connectivity index (χ4n) is 2.47. The monoisotopic (exact) mass is 328 g/mol. The van der Waals surface area contributed by atoms with Gasteiger partial charge in [-0.15, -0.1) is 4.55 Å². The largest absolute Gasteiger partial charge is 0.468 e. The molecule has 2 heteroatoms. The first-order valence-corrected chi connectivity index (χ1v) is 13.4. The van der Waals surface area contributed by atoms with Gasteiger partial charge < -0.3 is 12.9 Å². The molecule has 0 unspecified atom stereocenters. The van der Waals surface area contributed by atoms with Gasteiger partial charge in [0.2, 0.25) is 0 Å². The molecule has 0 amide bonds. The Morgan fingerprint density at radius 2 is 0.889 bits per heavy atom. The molecule has 0 saturated heterocycles. The van der Waals surface area contributed by atoms with Gasteiger partial charge in [0.15, 0.2) is 0 Å². The first-order chi connectivity index (χ1) is 8.91. The summed E-state index contributed by atoms with van der Waals surface area (Å²) in [4.78, 5) is 0. The first kappa shape index (κ1) is 19.2. The molecular formula is C16H33BrMg. The Morgan fingerprint density at radius 3 is 1.22 bits per heavy atom. The maximum Gasteiger partial charge on any atom is 0.468 e. The van der Waals surface area contributed by atoms with Gasteiger partial charge in [0.05, 0.1) is 0 Å². The SMILES string of the molecule is CCCCCCCCCCCCCCC[CH2][Mg][Br]. The third kappa shape index (κ3) is 17.2. The minimum Gasteiger partial charge on any atom is -0.307 e. The highest BCUT2D eigenvalue weighted by atomic mass is 79.9. The van der Waals surface area contributed by atoms with Crippen molar-refractivity contribution in [3.05, 3.63) is 0 Å². The Bertz CT molecular complexity index is 123. The van der Waals surface area contributed by atoms with E-state index < -0.39 is 0 Å². The lowest BCUT2D eigenvalue weighted by Gasteiger charge is -2.02. The molecule has 0 heterocycles. The molecule has 0 radical (unpaired) electrons. The normalized spacial score (nSPS) is 10.6. The van der Waals surface area contributed by atoms with E-state index in [4.69, 9.17) is 0 Å². The highest BCUT2D eigenvalue weighted by molar-refractivity contribution is 9.23. The second-order valence-corrected chi connectivity index (χ2v) is 9.10. The van der Waals surface area contributed by atoms with Gasteiger partial charge in [-0.25, -0.2) is 0 Å². The molecule has 0 aliphatic heterocycles. The van der Waals surface area contributed by atoms with Crippen molar-refractivity contribution in [2.24, 2.45) is 0 Å². The van der Waals surface area contributed by atoms with E-state index in [0.717, 1.165) is 0 Å². The van der Waals surface area contributed by atoms with E-state index in [0.29, 0.717) is 0 Å². The van der Waals surface area contributed by atoms with E-state index in [9.17, 15) is 0 Å². The van der Waals surface area contributed by atoms with Gasteiger partial charge in [-0.3, -0.25) is 0 Å². The first-order valence-electron chi connectivity index (χ1n) is 8.47. The van der Waals surface area contributed by atoms with E-state index in [-0.39, 0.29) is 18.2 Å². The van der Waals surface area contributed by atoms with Crippen LogP contribution in [0.5, 0.6) is 0 Å². The van der Waals surface area contributed by atoms with Crippen molar-refractivity contribution in [2.75, 3.05) is 0 Å². The molecule has 0 N–H and O–H groups in total. The molecule has 106 valence electrons. The molecule has 0 rings (SSSR count). The predicted molar refractivity (Wildman–Crippen MR) is 89.8 cm³/mol. The molecule has 0 aromatic heterocycles. The average molecular weight is 330 g/mol. The fraction of sp³-hybridized carbons (Fsp3) is 1.00. The number of halogens is 1. The van der Waals surface area contributed by atoms with Crippen molar-refractivity contribution >= 4 is 31.1 Å². The van der Waals surface area contributed by atoms with Crippen molar-refractivity contribution < 1.29 is 0 Å². The van der Waals surface area contributed by atoms with Crippen LogP contribution in [-0.2, 0) is 0 Å². The molecule has 0 spiro atoms. The summed E-state index contributed by atoms with van der Waals surface area (Å²) in [6, 6.07) is 0. The van der Waals surface area contributed by atoms with Crippen molar-refractivity contribution in [1.29, 1.82) is 0 Å². The molecular weight excluding hydrogens is 296 g/mol. The van der Waals surface area contributed by atoms with Crippen LogP contribution in [0.15, 0.2) is 0 Å². The highest BCUT2D eigenvalue weighted by Crippen LogP contribution is 2.13. The highest BCUT2D eigenvalue weighted by Gasteiger charge is 1.94. The molecule has 0 aliphatic rings. The van der Waals surface area contributed by atoms with Crippen LogP contribution in [0.3, 0.4) is 0 Å². The second-order valence-electron chi connectivity index (χ2n) is 5.64. The Balaban J connectivity index is 2.86. The quantitative estimate of drug-likeness (QED) is 0.226. The fourth-order valence-corrected chi connectivity index (χ4v) is 4.20. The van der Waals surface area contributed by atoms with E-state index in [2.05, 4.69) is 19.8 Å². The van der Waals surface area contributed by atoms with Gasteiger partial charge in [-0.05, 0) is 0 Å². The van der Waals surface area contributed by atoms with Gasteiger partial charge in [-0.2, -0.15) is 0 Å². The smallest absolute Gasteiger partial charge is 0.307 e. The maximum atomic E-state index is 3.63. The van der Waals surface area contributed by atoms with E-state index >= 15 is 0 Å². The van der Waals surface area contributed by atoms with Crippen LogP contribution in [0.2, 0.25) is 4.55 Å². The number of hydrogen-bond acceptors (Lipinski definition) is 0. The van der Waals surface area contributed by atoms with Crippen LogP contribution in [0, 0.1) is 0 Å². The third-order valence-corrected chi connectivity index (χ3v) is 6.19. The summed E-state index contributed by atoms with van der Waals surface area (Å²) in [7, 11) is 0. The van der Waals surface area contributed by atoms with E-state index in [1.54, 1.807) is 0 Å². The molecule has 0 saturated carbocycles. The van der Waals surface area contributed by atoms with Gasteiger partial charge >= 0.3 is 18.2 Å². The lowest BCUT2D eigenvalue weighted by molar-refractivity contribution is 0.538. The molecule has 0 bridgehead atoms. The Hall–Kier alpha value is 1.25. The van der Waals surface area contributed by atoms with Crippen molar-refractivity contribution in [3.63, 3.8) is 0 Å². The van der Waals surface area contributed by atoms with Crippen LogP contribution >= 0.6 is 12.9 Å². The predicted octanol–water partition coefficient (Wildman–Crippen LogP) is 6.90. The zero-order valence-corrected chi connectivity index (χ0v) is 15.7. The summed E-state index contributed by atoms with van der Waals surface area (Å²) < 4.78 is 1.50. The molecule has 0 aliphatic carbocycles. The van der Waals surface area contributed by atoms with E-state index in [1.807, 2.05) is 0 Å². The summed E-state index contributed by atoms with van der Waals surface area (Å²) in [5.41, 5.74) is 0.